The van der Waals surface area contributed by atoms with Gasteiger partial charge in [-0.2, -0.15) is 10.4 Å². The average Bonchev–Trinajstić information content (AvgIpc) is 3.59. The minimum Gasteiger partial charge on any atom is -0.358 e. The predicted octanol–water partition coefficient (Wildman–Crippen LogP) is 4.54. The lowest BCUT2D eigenvalue weighted by atomic mass is 9.72. The van der Waals surface area contributed by atoms with E-state index in [9.17, 15) is 5.26 Å². The number of imidazole rings is 1. The van der Waals surface area contributed by atoms with Crippen molar-refractivity contribution in [2.45, 2.75) is 43.7 Å². The number of hydrogen-bond acceptors (Lipinski definition) is 7. The number of ether oxygens (including phenoxy) is 1. The van der Waals surface area contributed by atoms with Gasteiger partial charge in [-0.05, 0) is 43.2 Å². The number of nitriles is 1. The number of aromatic nitrogens is 6. The first-order valence-electron chi connectivity index (χ1n) is 12.9. The number of hydrogen-bond donors (Lipinski definition) is 0. The van der Waals surface area contributed by atoms with Gasteiger partial charge in [-0.1, -0.05) is 30.3 Å². The summed E-state index contributed by atoms with van der Waals surface area (Å²) in [6.07, 6.45) is 16.0. The molecule has 1 atom stereocenters. The molecule has 0 amide bonds. The monoisotopic (exact) mass is 494 g/mol. The number of rotatable bonds is 5. The van der Waals surface area contributed by atoms with Gasteiger partial charge in [-0.3, -0.25) is 9.25 Å². The number of aryl methyl sites for hydroxylation is 1. The van der Waals surface area contributed by atoms with Crippen molar-refractivity contribution in [2.75, 3.05) is 24.6 Å². The van der Waals surface area contributed by atoms with Gasteiger partial charge in [-0.25, -0.2) is 15.0 Å². The molecule has 4 aromatic rings. The summed E-state index contributed by atoms with van der Waals surface area (Å²) in [5, 5.41) is 13.7. The fraction of sp³-hybridized carbons (Fsp3) is 0.393. The molecule has 0 N–H and O–H groups in total. The van der Waals surface area contributed by atoms with E-state index in [1.807, 2.05) is 35.0 Å². The summed E-state index contributed by atoms with van der Waals surface area (Å²) < 4.78 is 9.85. The first kappa shape index (κ1) is 23.4. The molecule has 0 saturated carbocycles. The number of allylic oxidation sites excluding steroid dienone is 2. The minimum atomic E-state index is -0.230. The van der Waals surface area contributed by atoms with Gasteiger partial charge in [0, 0.05) is 50.0 Å². The van der Waals surface area contributed by atoms with Crippen molar-refractivity contribution in [3.05, 3.63) is 67.0 Å². The Morgan fingerprint density at radius 3 is 2.78 bits per heavy atom. The fourth-order valence-corrected chi connectivity index (χ4v) is 5.67. The van der Waals surface area contributed by atoms with Gasteiger partial charge in [0.15, 0.2) is 17.0 Å². The number of piperidine rings is 1. The lowest BCUT2D eigenvalue weighted by molar-refractivity contribution is -0.0298. The van der Waals surface area contributed by atoms with Crippen LogP contribution in [-0.2, 0) is 17.2 Å². The molecule has 0 radical (unpaired) electrons. The van der Waals surface area contributed by atoms with Crippen LogP contribution in [-0.4, -0.2) is 49.0 Å². The van der Waals surface area contributed by atoms with Crippen LogP contribution in [0.2, 0.25) is 0 Å². The van der Waals surface area contributed by atoms with E-state index in [2.05, 4.69) is 56.4 Å². The van der Waals surface area contributed by atoms with Gasteiger partial charge in [0.25, 0.3) is 0 Å². The first-order chi connectivity index (χ1) is 18.2. The Hall–Kier alpha value is -4.03. The zero-order chi connectivity index (χ0) is 25.2. The van der Waals surface area contributed by atoms with Crippen LogP contribution in [0.5, 0.6) is 0 Å². The second kappa shape index (κ2) is 9.79. The first-order valence-corrected chi connectivity index (χ1v) is 12.9. The van der Waals surface area contributed by atoms with E-state index in [-0.39, 0.29) is 11.6 Å². The summed E-state index contributed by atoms with van der Waals surface area (Å²) in [6, 6.07) is 10.8. The molecule has 0 aliphatic carbocycles. The summed E-state index contributed by atoms with van der Waals surface area (Å²) in [5.74, 6) is 0.863. The van der Waals surface area contributed by atoms with Gasteiger partial charge in [-0.15, -0.1) is 0 Å². The summed E-state index contributed by atoms with van der Waals surface area (Å²) in [4.78, 5) is 16.2. The third-order valence-corrected chi connectivity index (χ3v) is 7.71. The highest BCUT2D eigenvalue weighted by Gasteiger charge is 2.35. The maximum absolute atomic E-state index is 9.36. The van der Waals surface area contributed by atoms with Crippen molar-refractivity contribution < 1.29 is 4.74 Å². The molecule has 1 unspecified atom stereocenters. The van der Waals surface area contributed by atoms with E-state index < -0.39 is 0 Å². The molecule has 5 heterocycles. The van der Waals surface area contributed by atoms with Crippen molar-refractivity contribution in [1.82, 2.24) is 29.3 Å². The Morgan fingerprint density at radius 1 is 1.14 bits per heavy atom. The standard InChI is InChI=1S/C28H30N8O/c1-34-18-22(17-33-34)21-6-4-7-23(16-21)28(9-5-12-29)10-13-35(14-11-28)26-25-27(31-19-30-26)36(20-32-25)24-8-2-3-15-37-24/h4-7,9,16-20,24H,2-3,8,10-11,13-15H2,1H3/b9-5+. The fourth-order valence-electron chi connectivity index (χ4n) is 5.67. The molecule has 0 bridgehead atoms. The van der Waals surface area contributed by atoms with Crippen LogP contribution in [0.3, 0.4) is 0 Å². The second-order valence-electron chi connectivity index (χ2n) is 9.93. The Bertz CT molecular complexity index is 1460. The minimum absolute atomic E-state index is 0.0151. The van der Waals surface area contributed by atoms with Crippen LogP contribution in [0.25, 0.3) is 22.3 Å². The Morgan fingerprint density at radius 2 is 2.03 bits per heavy atom. The van der Waals surface area contributed by atoms with Crippen molar-refractivity contribution >= 4 is 17.0 Å². The lowest BCUT2D eigenvalue weighted by Crippen LogP contribution is -2.42. The van der Waals surface area contributed by atoms with Crippen LogP contribution in [0, 0.1) is 11.3 Å². The Balaban J connectivity index is 1.28. The highest BCUT2D eigenvalue weighted by molar-refractivity contribution is 5.83. The van der Waals surface area contributed by atoms with Crippen LogP contribution in [0.4, 0.5) is 5.82 Å². The van der Waals surface area contributed by atoms with Gasteiger partial charge in [0.1, 0.15) is 12.6 Å². The van der Waals surface area contributed by atoms with Crippen molar-refractivity contribution in [1.29, 1.82) is 5.26 Å². The topological polar surface area (TPSA) is 97.7 Å². The largest absolute Gasteiger partial charge is 0.358 e. The summed E-state index contributed by atoms with van der Waals surface area (Å²) in [6.45, 7) is 2.37. The van der Waals surface area contributed by atoms with E-state index in [0.717, 1.165) is 79.9 Å². The molecular weight excluding hydrogens is 464 g/mol. The third-order valence-electron chi connectivity index (χ3n) is 7.71. The normalized spacial score (nSPS) is 19.9. The van der Waals surface area contributed by atoms with Crippen molar-refractivity contribution in [2.24, 2.45) is 7.05 Å². The molecule has 37 heavy (non-hydrogen) atoms. The molecule has 9 heteroatoms. The van der Waals surface area contributed by atoms with E-state index >= 15 is 0 Å². The molecule has 1 aromatic carbocycles. The average molecular weight is 495 g/mol. The van der Waals surface area contributed by atoms with Crippen LogP contribution >= 0.6 is 0 Å². The van der Waals surface area contributed by atoms with Crippen LogP contribution < -0.4 is 4.90 Å². The SMILES string of the molecule is Cn1cc(-c2cccc(C3(/C=C/C#N)CCN(c4ncnc5c4ncn5C4CCCCO4)CC3)c2)cn1. The maximum atomic E-state index is 9.36. The van der Waals surface area contributed by atoms with Crippen LogP contribution in [0.1, 0.15) is 43.9 Å². The van der Waals surface area contributed by atoms with Crippen molar-refractivity contribution in [3.63, 3.8) is 0 Å². The molecule has 2 fully saturated rings. The molecule has 9 nitrogen and oxygen atoms in total. The summed E-state index contributed by atoms with van der Waals surface area (Å²) >= 11 is 0. The molecule has 2 saturated heterocycles. The number of benzene rings is 1. The van der Waals surface area contributed by atoms with E-state index in [1.165, 1.54) is 5.56 Å². The molecule has 2 aliphatic heterocycles. The number of fused-ring (bicyclic) bond motifs is 1. The zero-order valence-corrected chi connectivity index (χ0v) is 21.0. The zero-order valence-electron chi connectivity index (χ0n) is 21.0. The van der Waals surface area contributed by atoms with Crippen molar-refractivity contribution in [3.8, 4) is 17.2 Å². The lowest BCUT2D eigenvalue weighted by Gasteiger charge is -2.41. The van der Waals surface area contributed by atoms with E-state index in [4.69, 9.17) is 9.72 Å². The molecule has 6 rings (SSSR count). The Kier molecular flexibility index (Phi) is 6.18. The molecule has 188 valence electrons. The summed E-state index contributed by atoms with van der Waals surface area (Å²) in [5.41, 5.74) is 4.84. The number of nitrogens with zero attached hydrogens (tertiary/aromatic N) is 8. The number of anilines is 1. The molecule has 0 spiro atoms. The maximum Gasteiger partial charge on any atom is 0.167 e. The highest BCUT2D eigenvalue weighted by atomic mass is 16.5. The predicted molar refractivity (Wildman–Crippen MR) is 141 cm³/mol. The molecule has 3 aromatic heterocycles. The van der Waals surface area contributed by atoms with Crippen LogP contribution in [0.15, 0.2) is 61.5 Å². The van der Waals surface area contributed by atoms with Gasteiger partial charge in [0.2, 0.25) is 0 Å². The van der Waals surface area contributed by atoms with Gasteiger partial charge >= 0.3 is 0 Å². The summed E-state index contributed by atoms with van der Waals surface area (Å²) in [7, 11) is 1.93. The second-order valence-corrected chi connectivity index (χ2v) is 9.93. The quantitative estimate of drug-likeness (QED) is 0.376. The van der Waals surface area contributed by atoms with E-state index in [0.29, 0.717) is 0 Å². The molecule has 2 aliphatic rings. The van der Waals surface area contributed by atoms with Gasteiger partial charge in [0.05, 0.1) is 18.6 Å². The smallest absolute Gasteiger partial charge is 0.167 e. The highest BCUT2D eigenvalue weighted by Crippen LogP contribution is 2.40. The Labute approximate surface area is 216 Å². The van der Waals surface area contributed by atoms with Gasteiger partial charge < -0.3 is 9.64 Å². The molecular formula is C28H30N8O. The van der Waals surface area contributed by atoms with E-state index in [1.54, 1.807) is 12.4 Å². The third kappa shape index (κ3) is 4.38.